The van der Waals surface area contributed by atoms with Crippen LogP contribution in [0, 0.1) is 5.82 Å². The van der Waals surface area contributed by atoms with E-state index in [2.05, 4.69) is 5.32 Å². The van der Waals surface area contributed by atoms with E-state index in [4.69, 9.17) is 0 Å². The Morgan fingerprint density at radius 3 is 2.14 bits per heavy atom. The average molecular weight is 481 g/mol. The quantitative estimate of drug-likeness (QED) is 0.286. The predicted molar refractivity (Wildman–Crippen MR) is 126 cm³/mol. The number of halogens is 4. The maximum atomic E-state index is 13.3. The van der Waals surface area contributed by atoms with Gasteiger partial charge in [0.2, 0.25) is 0 Å². The van der Waals surface area contributed by atoms with Gasteiger partial charge in [-0.05, 0) is 59.7 Å². The van der Waals surface area contributed by atoms with Crippen molar-refractivity contribution in [1.29, 1.82) is 0 Å². The molecule has 0 saturated carbocycles. The second kappa shape index (κ2) is 10.5. The first-order chi connectivity index (χ1) is 16.8. The number of amides is 2. The molecule has 0 aliphatic rings. The standard InChI is InChI=1S/C27H23F4N3O/c28-23-12-8-21(9-13-23)17-33-16-4-7-25(33)19-34(18-20-5-2-1-3-6-20)26(35)32-24-14-10-22(11-15-24)27(29,30)31/h1-16H,17-19H2,(H,32,35). The molecule has 4 nitrogen and oxygen atoms in total. The topological polar surface area (TPSA) is 37.3 Å². The Morgan fingerprint density at radius 1 is 0.800 bits per heavy atom. The lowest BCUT2D eigenvalue weighted by atomic mass is 10.2. The van der Waals surface area contributed by atoms with Crippen LogP contribution in [0.3, 0.4) is 0 Å². The third-order valence-corrected chi connectivity index (χ3v) is 5.51. The summed E-state index contributed by atoms with van der Waals surface area (Å²) in [6, 6.07) is 23.3. The molecule has 0 fully saturated rings. The highest BCUT2D eigenvalue weighted by atomic mass is 19.4. The summed E-state index contributed by atoms with van der Waals surface area (Å²) < 4.78 is 53.8. The number of carbonyl (C=O) groups excluding carboxylic acids is 1. The minimum atomic E-state index is -4.45. The molecular weight excluding hydrogens is 458 g/mol. The Balaban J connectivity index is 1.53. The zero-order valence-electron chi connectivity index (χ0n) is 18.7. The van der Waals surface area contributed by atoms with Crippen molar-refractivity contribution in [3.63, 3.8) is 0 Å². The van der Waals surface area contributed by atoms with Crippen LogP contribution in [0.1, 0.15) is 22.4 Å². The van der Waals surface area contributed by atoms with Crippen molar-refractivity contribution in [2.45, 2.75) is 25.8 Å². The van der Waals surface area contributed by atoms with Crippen molar-refractivity contribution in [2.75, 3.05) is 5.32 Å². The second-order valence-corrected chi connectivity index (χ2v) is 8.10. The third-order valence-electron chi connectivity index (χ3n) is 5.51. The average Bonchev–Trinajstić information content (AvgIpc) is 3.27. The van der Waals surface area contributed by atoms with Gasteiger partial charge in [-0.15, -0.1) is 0 Å². The Labute approximate surface area is 200 Å². The molecule has 1 heterocycles. The number of carbonyl (C=O) groups is 1. The molecule has 0 aliphatic carbocycles. The molecule has 180 valence electrons. The van der Waals surface area contributed by atoms with Gasteiger partial charge in [-0.3, -0.25) is 0 Å². The largest absolute Gasteiger partial charge is 0.416 e. The first-order valence-corrected chi connectivity index (χ1v) is 10.9. The van der Waals surface area contributed by atoms with E-state index in [1.807, 2.05) is 53.2 Å². The zero-order valence-corrected chi connectivity index (χ0v) is 18.7. The molecule has 0 unspecified atom stereocenters. The van der Waals surface area contributed by atoms with Crippen molar-refractivity contribution in [1.82, 2.24) is 9.47 Å². The summed E-state index contributed by atoms with van der Waals surface area (Å²) in [5.74, 6) is -0.310. The van der Waals surface area contributed by atoms with Gasteiger partial charge in [0.25, 0.3) is 0 Å². The molecule has 4 rings (SSSR count). The molecule has 4 aromatic rings. The van der Waals surface area contributed by atoms with Crippen LogP contribution < -0.4 is 5.32 Å². The maximum absolute atomic E-state index is 13.3. The maximum Gasteiger partial charge on any atom is 0.416 e. The normalized spacial score (nSPS) is 11.3. The van der Waals surface area contributed by atoms with E-state index in [0.29, 0.717) is 13.1 Å². The first kappa shape index (κ1) is 24.1. The molecular formula is C27H23F4N3O. The molecule has 0 saturated heterocycles. The summed E-state index contributed by atoms with van der Waals surface area (Å²) in [4.78, 5) is 14.8. The molecule has 3 aromatic carbocycles. The molecule has 0 radical (unpaired) electrons. The minimum absolute atomic E-state index is 0.259. The van der Waals surface area contributed by atoms with E-state index in [1.165, 1.54) is 24.3 Å². The van der Waals surface area contributed by atoms with Crippen LogP contribution in [0.4, 0.5) is 28.0 Å². The number of aromatic nitrogens is 1. The molecule has 0 atom stereocenters. The lowest BCUT2D eigenvalue weighted by Gasteiger charge is -2.24. The van der Waals surface area contributed by atoms with Crippen LogP contribution >= 0.6 is 0 Å². The van der Waals surface area contributed by atoms with Crippen LogP contribution in [-0.2, 0) is 25.8 Å². The fraction of sp³-hybridized carbons (Fsp3) is 0.148. The Kier molecular flexibility index (Phi) is 7.19. The van der Waals surface area contributed by atoms with E-state index in [-0.39, 0.29) is 18.0 Å². The third kappa shape index (κ3) is 6.50. The molecule has 2 amide bonds. The highest BCUT2D eigenvalue weighted by Gasteiger charge is 2.30. The van der Waals surface area contributed by atoms with Crippen LogP contribution in [0.2, 0.25) is 0 Å². The number of anilines is 1. The van der Waals surface area contributed by atoms with E-state index < -0.39 is 17.8 Å². The summed E-state index contributed by atoms with van der Waals surface area (Å²) >= 11 is 0. The van der Waals surface area contributed by atoms with E-state index in [9.17, 15) is 22.4 Å². The number of nitrogens with one attached hydrogen (secondary N) is 1. The molecule has 1 N–H and O–H groups in total. The van der Waals surface area contributed by atoms with E-state index in [0.717, 1.165) is 29.0 Å². The molecule has 1 aromatic heterocycles. The summed E-state index contributed by atoms with van der Waals surface area (Å²) in [7, 11) is 0. The predicted octanol–water partition coefficient (Wildman–Crippen LogP) is 6.93. The van der Waals surface area contributed by atoms with Gasteiger partial charge in [0.15, 0.2) is 0 Å². The van der Waals surface area contributed by atoms with E-state index in [1.54, 1.807) is 17.0 Å². The van der Waals surface area contributed by atoms with Gasteiger partial charge in [0.1, 0.15) is 5.82 Å². The molecule has 0 spiro atoms. The van der Waals surface area contributed by atoms with Gasteiger partial charge in [-0.1, -0.05) is 42.5 Å². The monoisotopic (exact) mass is 481 g/mol. The fourth-order valence-corrected chi connectivity index (χ4v) is 3.68. The van der Waals surface area contributed by atoms with Gasteiger partial charge in [-0.25, -0.2) is 9.18 Å². The number of rotatable bonds is 7. The highest BCUT2D eigenvalue weighted by Crippen LogP contribution is 2.30. The number of alkyl halides is 3. The Bertz CT molecular complexity index is 1250. The zero-order chi connectivity index (χ0) is 24.8. The van der Waals surface area contributed by atoms with Crippen molar-refractivity contribution in [3.05, 3.63) is 125 Å². The number of nitrogens with zero attached hydrogens (tertiary/aromatic N) is 2. The number of benzene rings is 3. The molecule has 0 aliphatic heterocycles. The van der Waals surface area contributed by atoms with Crippen molar-refractivity contribution in [2.24, 2.45) is 0 Å². The van der Waals surface area contributed by atoms with Gasteiger partial charge in [0, 0.05) is 30.7 Å². The minimum Gasteiger partial charge on any atom is -0.345 e. The fourth-order valence-electron chi connectivity index (χ4n) is 3.68. The molecule has 35 heavy (non-hydrogen) atoms. The van der Waals surface area contributed by atoms with Crippen LogP contribution in [-0.4, -0.2) is 15.5 Å². The summed E-state index contributed by atoms with van der Waals surface area (Å²) in [6.07, 6.45) is -2.56. The first-order valence-electron chi connectivity index (χ1n) is 10.9. The van der Waals surface area contributed by atoms with Crippen LogP contribution in [0.5, 0.6) is 0 Å². The van der Waals surface area contributed by atoms with Gasteiger partial charge in [0.05, 0.1) is 12.1 Å². The lowest BCUT2D eigenvalue weighted by Crippen LogP contribution is -2.34. The van der Waals surface area contributed by atoms with Gasteiger partial charge < -0.3 is 14.8 Å². The van der Waals surface area contributed by atoms with Crippen LogP contribution in [0.25, 0.3) is 0 Å². The van der Waals surface area contributed by atoms with Gasteiger partial charge in [-0.2, -0.15) is 13.2 Å². The lowest BCUT2D eigenvalue weighted by molar-refractivity contribution is -0.137. The Hall–Kier alpha value is -4.07. The summed E-state index contributed by atoms with van der Waals surface area (Å²) in [5, 5.41) is 2.70. The van der Waals surface area contributed by atoms with Crippen molar-refractivity contribution in [3.8, 4) is 0 Å². The second-order valence-electron chi connectivity index (χ2n) is 8.10. The number of hydrogen-bond acceptors (Lipinski definition) is 1. The van der Waals surface area contributed by atoms with E-state index >= 15 is 0 Å². The number of urea groups is 1. The summed E-state index contributed by atoms with van der Waals surface area (Å²) in [6.45, 7) is 1.06. The molecule has 8 heteroatoms. The SMILES string of the molecule is O=C(Nc1ccc(C(F)(F)F)cc1)N(Cc1ccccc1)Cc1cccn1Cc1ccc(F)cc1. The summed E-state index contributed by atoms with van der Waals surface area (Å²) in [5.41, 5.74) is 2.16. The van der Waals surface area contributed by atoms with Crippen LogP contribution in [0.15, 0.2) is 97.2 Å². The van der Waals surface area contributed by atoms with Crippen molar-refractivity contribution >= 4 is 11.7 Å². The van der Waals surface area contributed by atoms with Crippen molar-refractivity contribution < 1.29 is 22.4 Å². The highest BCUT2D eigenvalue weighted by molar-refractivity contribution is 5.89. The Morgan fingerprint density at radius 2 is 1.49 bits per heavy atom. The van der Waals surface area contributed by atoms with Gasteiger partial charge >= 0.3 is 12.2 Å². The molecule has 0 bridgehead atoms. The smallest absolute Gasteiger partial charge is 0.345 e. The number of hydrogen-bond donors (Lipinski definition) is 1.